The van der Waals surface area contributed by atoms with Crippen molar-refractivity contribution in [2.45, 2.75) is 11.8 Å². The molecule has 0 saturated heterocycles. The van der Waals surface area contributed by atoms with E-state index in [1.54, 1.807) is 0 Å². The van der Waals surface area contributed by atoms with Gasteiger partial charge >= 0.3 is 11.8 Å². The number of halogens is 4. The number of hydrogen-bond acceptors (Lipinski definition) is 2. The number of carbonyl (C=O) groups is 1. The maximum atomic E-state index is 12.0. The number of aliphatic hydroxyl groups excluding tert-OH is 1. The maximum Gasteiger partial charge on any atom is 0.379 e. The molecule has 0 spiro atoms. The molecule has 0 unspecified atom stereocenters. The van der Waals surface area contributed by atoms with Crippen molar-refractivity contribution in [3.8, 4) is 0 Å². The van der Waals surface area contributed by atoms with Crippen molar-refractivity contribution in [3.05, 3.63) is 11.8 Å². The fourth-order valence-corrected chi connectivity index (χ4v) is 0.556. The predicted octanol–water partition coefficient (Wildman–Crippen LogP) is 1.08. The van der Waals surface area contributed by atoms with Gasteiger partial charge in [0, 0.05) is 0 Å². The number of carbonyl (C=O) groups excluding carboxylic acids is 1. The van der Waals surface area contributed by atoms with Gasteiger partial charge < -0.3 is 5.11 Å². The Labute approximate surface area is 58.1 Å². The maximum absolute atomic E-state index is 12.0. The van der Waals surface area contributed by atoms with Crippen LogP contribution in [0.5, 0.6) is 0 Å². The van der Waals surface area contributed by atoms with Crippen LogP contribution in [0.25, 0.3) is 0 Å². The third kappa shape index (κ3) is 0.749. The van der Waals surface area contributed by atoms with Crippen LogP contribution in [0.1, 0.15) is 0 Å². The molecule has 1 rings (SSSR count). The lowest BCUT2D eigenvalue weighted by Gasteiger charge is -2.16. The zero-order chi connectivity index (χ0) is 8.86. The van der Waals surface area contributed by atoms with Gasteiger partial charge in [-0.05, 0) is 0 Å². The monoisotopic (exact) mass is 169 g/mol. The van der Waals surface area contributed by atoms with Gasteiger partial charge in [0.1, 0.15) is 0 Å². The van der Waals surface area contributed by atoms with E-state index in [-0.39, 0.29) is 0 Å². The first-order valence-corrected chi connectivity index (χ1v) is 2.43. The molecular formula is C5HF4O2. The lowest BCUT2D eigenvalue weighted by Crippen LogP contribution is -2.42. The number of ketones is 1. The van der Waals surface area contributed by atoms with E-state index >= 15 is 0 Å². The Morgan fingerprint density at radius 3 is 1.73 bits per heavy atom. The normalized spacial score (nSPS) is 26.9. The molecule has 0 heterocycles. The van der Waals surface area contributed by atoms with Gasteiger partial charge in [0.05, 0.1) is 6.08 Å². The highest BCUT2D eigenvalue weighted by Crippen LogP contribution is 2.43. The van der Waals surface area contributed by atoms with Crippen molar-refractivity contribution in [3.63, 3.8) is 0 Å². The second kappa shape index (κ2) is 1.75. The first-order valence-electron chi connectivity index (χ1n) is 2.43. The summed E-state index contributed by atoms with van der Waals surface area (Å²) < 4.78 is 48.1. The van der Waals surface area contributed by atoms with E-state index in [1.165, 1.54) is 0 Å². The predicted molar refractivity (Wildman–Crippen MR) is 24.3 cm³/mol. The summed E-state index contributed by atoms with van der Waals surface area (Å²) in [7, 11) is 0. The van der Waals surface area contributed by atoms with Crippen molar-refractivity contribution in [2.75, 3.05) is 0 Å². The van der Waals surface area contributed by atoms with Crippen LogP contribution in [-0.4, -0.2) is 22.7 Å². The molecule has 0 aliphatic heterocycles. The summed E-state index contributed by atoms with van der Waals surface area (Å²) in [5.74, 6) is -13.9. The molecular weight excluding hydrogens is 168 g/mol. The third-order valence-electron chi connectivity index (χ3n) is 1.21. The van der Waals surface area contributed by atoms with Crippen molar-refractivity contribution in [1.29, 1.82) is 0 Å². The van der Waals surface area contributed by atoms with E-state index in [1.807, 2.05) is 0 Å². The number of alkyl halides is 4. The fraction of sp³-hybridized carbons (Fsp3) is 0.400. The van der Waals surface area contributed by atoms with Gasteiger partial charge in [0.2, 0.25) is 5.78 Å². The molecule has 0 atom stereocenters. The standard InChI is InChI=1S/C5HF4O2/c6-4(7)2(10)1-3(11)5(4,8)9/h10H. The number of Topliss-reactive ketones (excluding diaryl/α,β-unsaturated/α-hetero) is 1. The molecule has 1 aliphatic carbocycles. The first-order chi connectivity index (χ1) is 4.80. The smallest absolute Gasteiger partial charge is 0.379 e. The SMILES string of the molecule is O=C1[C]=C(O)C(F)(F)C1(F)F. The third-order valence-corrected chi connectivity index (χ3v) is 1.21. The lowest BCUT2D eigenvalue weighted by atomic mass is 10.2. The molecule has 11 heavy (non-hydrogen) atoms. The Balaban J connectivity index is 3.17. The van der Waals surface area contributed by atoms with Gasteiger partial charge in [-0.2, -0.15) is 17.6 Å². The molecule has 0 fully saturated rings. The minimum atomic E-state index is -4.85. The molecule has 0 aromatic rings. The summed E-state index contributed by atoms with van der Waals surface area (Å²) in [5.41, 5.74) is 0. The van der Waals surface area contributed by atoms with E-state index in [0.717, 1.165) is 6.08 Å². The van der Waals surface area contributed by atoms with Crippen LogP contribution in [0.3, 0.4) is 0 Å². The topological polar surface area (TPSA) is 37.3 Å². The molecule has 2 nitrogen and oxygen atoms in total. The Bertz CT molecular complexity index is 243. The van der Waals surface area contributed by atoms with E-state index in [2.05, 4.69) is 0 Å². The van der Waals surface area contributed by atoms with Crippen molar-refractivity contribution >= 4 is 5.78 Å². The van der Waals surface area contributed by atoms with Crippen LogP contribution >= 0.6 is 0 Å². The Hall–Kier alpha value is -1.07. The molecule has 1 N–H and O–H groups in total. The van der Waals surface area contributed by atoms with Crippen LogP contribution in [0.4, 0.5) is 17.6 Å². The van der Waals surface area contributed by atoms with Crippen LogP contribution in [0.15, 0.2) is 5.76 Å². The zero-order valence-electron chi connectivity index (χ0n) is 4.87. The summed E-state index contributed by atoms with van der Waals surface area (Å²) in [5, 5.41) is 8.12. The summed E-state index contributed by atoms with van der Waals surface area (Å²) in [4.78, 5) is 10.00. The molecule has 0 amide bonds. The van der Waals surface area contributed by atoms with Crippen LogP contribution < -0.4 is 0 Å². The molecule has 0 saturated carbocycles. The number of hydrogen-bond donors (Lipinski definition) is 1. The first kappa shape index (κ1) is 8.03. The molecule has 0 bridgehead atoms. The Kier molecular flexibility index (Phi) is 1.28. The van der Waals surface area contributed by atoms with Crippen molar-refractivity contribution < 1.29 is 27.5 Å². The lowest BCUT2D eigenvalue weighted by molar-refractivity contribution is -0.190. The van der Waals surface area contributed by atoms with Crippen molar-refractivity contribution in [2.24, 2.45) is 0 Å². The molecule has 0 aromatic carbocycles. The number of rotatable bonds is 0. The van der Waals surface area contributed by atoms with E-state index in [4.69, 9.17) is 5.11 Å². The van der Waals surface area contributed by atoms with E-state index in [9.17, 15) is 22.4 Å². The van der Waals surface area contributed by atoms with Gasteiger partial charge in [-0.15, -0.1) is 0 Å². The fourth-order valence-electron chi connectivity index (χ4n) is 0.556. The highest BCUT2D eigenvalue weighted by atomic mass is 19.3. The van der Waals surface area contributed by atoms with Gasteiger partial charge in [0.25, 0.3) is 0 Å². The highest BCUT2D eigenvalue weighted by molar-refractivity contribution is 5.96. The summed E-state index contributed by atoms with van der Waals surface area (Å²) in [6.07, 6.45) is 0.931. The average molecular weight is 169 g/mol. The Morgan fingerprint density at radius 2 is 1.64 bits per heavy atom. The van der Waals surface area contributed by atoms with Gasteiger partial charge in [-0.3, -0.25) is 4.79 Å². The van der Waals surface area contributed by atoms with Gasteiger partial charge in [-0.25, -0.2) is 0 Å². The minimum Gasteiger partial charge on any atom is -0.506 e. The molecule has 1 aliphatic rings. The molecule has 6 heteroatoms. The van der Waals surface area contributed by atoms with Crippen LogP contribution in [-0.2, 0) is 4.79 Å². The Morgan fingerprint density at radius 1 is 1.18 bits per heavy atom. The van der Waals surface area contributed by atoms with Crippen LogP contribution in [0.2, 0.25) is 0 Å². The summed E-state index contributed by atoms with van der Waals surface area (Å²) in [6, 6.07) is 0. The quantitative estimate of drug-likeness (QED) is 0.551. The summed E-state index contributed by atoms with van der Waals surface area (Å²) in [6.45, 7) is 0. The van der Waals surface area contributed by atoms with Gasteiger partial charge in [0.15, 0.2) is 5.76 Å². The molecule has 1 radical (unpaired) electrons. The van der Waals surface area contributed by atoms with E-state index in [0.29, 0.717) is 0 Å². The second-order valence-corrected chi connectivity index (χ2v) is 1.95. The minimum absolute atomic E-state index is 0.931. The number of aliphatic hydroxyl groups is 1. The average Bonchev–Trinajstić information content (AvgIpc) is 1.95. The van der Waals surface area contributed by atoms with Crippen LogP contribution in [0, 0.1) is 6.08 Å². The largest absolute Gasteiger partial charge is 0.506 e. The zero-order valence-corrected chi connectivity index (χ0v) is 4.87. The van der Waals surface area contributed by atoms with E-state index < -0.39 is 23.4 Å². The van der Waals surface area contributed by atoms with Crippen molar-refractivity contribution in [1.82, 2.24) is 0 Å². The second-order valence-electron chi connectivity index (χ2n) is 1.95. The van der Waals surface area contributed by atoms with Gasteiger partial charge in [-0.1, -0.05) is 0 Å². The molecule has 61 valence electrons. The number of allylic oxidation sites excluding steroid dienone is 2. The summed E-state index contributed by atoms with van der Waals surface area (Å²) >= 11 is 0. The molecule has 0 aromatic heterocycles. The highest BCUT2D eigenvalue weighted by Gasteiger charge is 2.68.